The van der Waals surface area contributed by atoms with Gasteiger partial charge in [0.1, 0.15) is 16.8 Å². The van der Waals surface area contributed by atoms with Gasteiger partial charge in [-0.15, -0.1) is 0 Å². The summed E-state index contributed by atoms with van der Waals surface area (Å²) in [6.07, 6.45) is 4.54. The second kappa shape index (κ2) is 10.3. The molecule has 6 rings (SSSR count). The highest BCUT2D eigenvalue weighted by atomic mass is 16.2. The van der Waals surface area contributed by atoms with Gasteiger partial charge >= 0.3 is 0 Å². The molecular formula is C32H31N5O2. The number of nitrogens with one attached hydrogen (secondary N) is 1. The number of carbonyl (C=O) groups is 1. The van der Waals surface area contributed by atoms with E-state index in [9.17, 15) is 9.59 Å². The molecule has 2 aromatic carbocycles. The molecule has 0 saturated carbocycles. The Bertz CT molecular complexity index is 1780. The predicted octanol–water partition coefficient (Wildman–Crippen LogP) is 4.58. The Morgan fingerprint density at radius 3 is 2.28 bits per heavy atom. The van der Waals surface area contributed by atoms with Crippen LogP contribution in [0.2, 0.25) is 0 Å². The van der Waals surface area contributed by atoms with E-state index in [2.05, 4.69) is 24.3 Å². The van der Waals surface area contributed by atoms with Gasteiger partial charge in [-0.3, -0.25) is 19.4 Å². The Morgan fingerprint density at radius 1 is 0.923 bits per heavy atom. The van der Waals surface area contributed by atoms with E-state index in [0.29, 0.717) is 42.2 Å². The molecule has 0 unspecified atom stereocenters. The molecule has 1 aliphatic rings. The van der Waals surface area contributed by atoms with E-state index in [1.54, 1.807) is 16.8 Å². The predicted molar refractivity (Wildman–Crippen MR) is 152 cm³/mol. The first-order valence-electron chi connectivity index (χ1n) is 13.5. The Balaban J connectivity index is 1.39. The fraction of sp³-hybridized carbons (Fsp3) is 0.250. The number of aryl methyl sites for hydroxylation is 1. The fourth-order valence-corrected chi connectivity index (χ4v) is 5.64. The third-order valence-corrected chi connectivity index (χ3v) is 7.82. The first kappa shape index (κ1) is 24.8. The number of hydrogen-bond donors (Lipinski definition) is 1. The molecule has 39 heavy (non-hydrogen) atoms. The summed E-state index contributed by atoms with van der Waals surface area (Å²) in [7, 11) is 0. The molecule has 0 atom stereocenters. The number of rotatable bonds is 5. The monoisotopic (exact) mass is 517 g/mol. The number of amides is 1. The minimum Gasteiger partial charge on any atom is -0.339 e. The third-order valence-electron chi connectivity index (χ3n) is 7.82. The van der Waals surface area contributed by atoms with Crippen LogP contribution >= 0.6 is 0 Å². The van der Waals surface area contributed by atoms with Gasteiger partial charge in [-0.1, -0.05) is 66.7 Å². The lowest BCUT2D eigenvalue weighted by molar-refractivity contribution is 0.0687. The highest BCUT2D eigenvalue weighted by molar-refractivity contribution is 5.97. The molecule has 4 heterocycles. The molecule has 1 fully saturated rings. The van der Waals surface area contributed by atoms with Crippen LogP contribution in [0.25, 0.3) is 16.7 Å². The van der Waals surface area contributed by atoms with E-state index in [1.807, 2.05) is 60.4 Å². The van der Waals surface area contributed by atoms with Crippen molar-refractivity contribution in [2.24, 2.45) is 5.92 Å². The molecule has 3 aromatic heterocycles. The van der Waals surface area contributed by atoms with Gasteiger partial charge in [0.05, 0.1) is 17.5 Å². The van der Waals surface area contributed by atoms with Crippen LogP contribution in [0, 0.1) is 18.3 Å². The van der Waals surface area contributed by atoms with Crippen LogP contribution in [0.1, 0.15) is 39.9 Å². The number of carbonyl (C=O) groups excluding carboxylic acids is 1. The average Bonchev–Trinajstić information content (AvgIpc) is 2.96. The number of hydrogen-bond acceptors (Lipinski definition) is 4. The maximum atomic E-state index is 13.8. The molecule has 1 N–H and O–H groups in total. The van der Waals surface area contributed by atoms with Gasteiger partial charge in [-0.25, -0.2) is 4.98 Å². The minimum atomic E-state index is -0.240. The SMILES string of the molecule is Cc1cccn2c(=O)c3cc(C(=O)N4CCC(Cc5ccccc5)CC4)c(=N)n(Cc4ccccc4)c3nc12. The van der Waals surface area contributed by atoms with E-state index in [0.717, 1.165) is 30.4 Å². The fourth-order valence-electron chi connectivity index (χ4n) is 5.64. The van der Waals surface area contributed by atoms with Crippen LogP contribution in [-0.2, 0) is 13.0 Å². The van der Waals surface area contributed by atoms with Gasteiger partial charge in [-0.05, 0) is 60.9 Å². The van der Waals surface area contributed by atoms with Crippen molar-refractivity contribution >= 4 is 22.6 Å². The summed E-state index contributed by atoms with van der Waals surface area (Å²) in [6.45, 7) is 3.53. The van der Waals surface area contributed by atoms with Crippen LogP contribution in [-0.4, -0.2) is 37.8 Å². The van der Waals surface area contributed by atoms with Crippen molar-refractivity contribution in [2.45, 2.75) is 32.7 Å². The summed E-state index contributed by atoms with van der Waals surface area (Å²) in [4.78, 5) is 34.1. The molecule has 7 nitrogen and oxygen atoms in total. The standard InChI is InChI=1S/C32H31N5O2/c1-22-9-8-16-36-29(22)34-30-27(32(36)39)20-26(28(33)37(30)21-25-12-6-3-7-13-25)31(38)35-17-14-24(15-18-35)19-23-10-4-2-5-11-23/h2-13,16,20,24,33H,14-15,17-19,21H2,1H3. The van der Waals surface area contributed by atoms with Crippen LogP contribution < -0.4 is 11.0 Å². The molecule has 0 bridgehead atoms. The van der Waals surface area contributed by atoms with Crippen LogP contribution in [0.5, 0.6) is 0 Å². The van der Waals surface area contributed by atoms with E-state index in [1.165, 1.54) is 9.96 Å². The van der Waals surface area contributed by atoms with Crippen molar-refractivity contribution < 1.29 is 4.79 Å². The van der Waals surface area contributed by atoms with Gasteiger partial charge in [0.15, 0.2) is 0 Å². The van der Waals surface area contributed by atoms with Gasteiger partial charge in [0.25, 0.3) is 11.5 Å². The zero-order valence-electron chi connectivity index (χ0n) is 22.0. The number of likely N-dealkylation sites (tertiary alicyclic amines) is 1. The maximum absolute atomic E-state index is 13.8. The molecule has 1 saturated heterocycles. The largest absolute Gasteiger partial charge is 0.339 e. The van der Waals surface area contributed by atoms with Gasteiger partial charge < -0.3 is 9.47 Å². The molecule has 7 heteroatoms. The topological polar surface area (TPSA) is 83.5 Å². The molecule has 5 aromatic rings. The summed E-state index contributed by atoms with van der Waals surface area (Å²) in [5.41, 5.74) is 4.21. The summed E-state index contributed by atoms with van der Waals surface area (Å²) in [5, 5.41) is 9.45. The number of fused-ring (bicyclic) bond motifs is 2. The summed E-state index contributed by atoms with van der Waals surface area (Å²) in [6, 6.07) is 25.6. The highest BCUT2D eigenvalue weighted by Gasteiger charge is 2.26. The number of aromatic nitrogens is 3. The van der Waals surface area contributed by atoms with Crippen LogP contribution in [0.3, 0.4) is 0 Å². The van der Waals surface area contributed by atoms with Crippen molar-refractivity contribution in [2.75, 3.05) is 13.1 Å². The van der Waals surface area contributed by atoms with Crippen LogP contribution in [0.4, 0.5) is 0 Å². The molecular weight excluding hydrogens is 486 g/mol. The summed E-state index contributed by atoms with van der Waals surface area (Å²) >= 11 is 0. The second-order valence-corrected chi connectivity index (χ2v) is 10.4. The summed E-state index contributed by atoms with van der Waals surface area (Å²) in [5.74, 6) is 0.325. The lowest BCUT2D eigenvalue weighted by Gasteiger charge is -2.32. The van der Waals surface area contributed by atoms with Crippen molar-refractivity contribution in [3.05, 3.63) is 123 Å². The van der Waals surface area contributed by atoms with E-state index in [4.69, 9.17) is 10.4 Å². The molecule has 1 aliphatic heterocycles. The Kier molecular flexibility index (Phi) is 6.57. The number of piperidine rings is 1. The minimum absolute atomic E-state index is 0.0765. The first-order valence-corrected chi connectivity index (χ1v) is 13.5. The van der Waals surface area contributed by atoms with Crippen molar-refractivity contribution in [3.8, 4) is 0 Å². The Morgan fingerprint density at radius 2 is 1.59 bits per heavy atom. The Hall–Kier alpha value is -4.52. The zero-order valence-corrected chi connectivity index (χ0v) is 22.0. The van der Waals surface area contributed by atoms with E-state index >= 15 is 0 Å². The first-order chi connectivity index (χ1) is 19.0. The van der Waals surface area contributed by atoms with E-state index in [-0.39, 0.29) is 22.5 Å². The van der Waals surface area contributed by atoms with Gasteiger partial charge in [-0.2, -0.15) is 0 Å². The molecule has 0 spiro atoms. The van der Waals surface area contributed by atoms with Gasteiger partial charge in [0.2, 0.25) is 0 Å². The molecule has 0 aliphatic carbocycles. The molecule has 0 radical (unpaired) electrons. The highest BCUT2D eigenvalue weighted by Crippen LogP contribution is 2.23. The lowest BCUT2D eigenvalue weighted by Crippen LogP contribution is -2.42. The maximum Gasteiger partial charge on any atom is 0.267 e. The molecule has 1 amide bonds. The third kappa shape index (κ3) is 4.76. The van der Waals surface area contributed by atoms with Crippen LogP contribution in [0.15, 0.2) is 89.9 Å². The lowest BCUT2D eigenvalue weighted by atomic mass is 9.90. The quantitative estimate of drug-likeness (QED) is 0.347. The number of benzene rings is 2. The van der Waals surface area contributed by atoms with E-state index < -0.39 is 0 Å². The van der Waals surface area contributed by atoms with Crippen molar-refractivity contribution in [1.29, 1.82) is 5.41 Å². The average molecular weight is 518 g/mol. The summed E-state index contributed by atoms with van der Waals surface area (Å²) < 4.78 is 3.23. The number of nitrogens with zero attached hydrogens (tertiary/aromatic N) is 4. The van der Waals surface area contributed by atoms with Crippen molar-refractivity contribution in [1.82, 2.24) is 18.9 Å². The smallest absolute Gasteiger partial charge is 0.267 e. The molecule has 196 valence electrons. The number of pyridine rings is 2. The zero-order chi connectivity index (χ0) is 26.9. The normalized spacial score (nSPS) is 14.2. The second-order valence-electron chi connectivity index (χ2n) is 10.4. The van der Waals surface area contributed by atoms with Crippen molar-refractivity contribution in [3.63, 3.8) is 0 Å². The van der Waals surface area contributed by atoms with Gasteiger partial charge in [0, 0.05) is 19.3 Å². The Labute approximate surface area is 226 Å².